The Morgan fingerprint density at radius 1 is 1.25 bits per heavy atom. The van der Waals surface area contributed by atoms with Gasteiger partial charge in [0.25, 0.3) is 5.91 Å². The van der Waals surface area contributed by atoms with Crippen LogP contribution in [0.2, 0.25) is 5.02 Å². The molecular weight excluding hydrogens is 330 g/mol. The second-order valence-corrected chi connectivity index (χ2v) is 6.99. The molecule has 7 heteroatoms. The average Bonchev–Trinajstić information content (AvgIpc) is 2.72. The summed E-state index contributed by atoms with van der Waals surface area (Å²) in [5.74, 6) is -0.557. The standard InChI is InChI=1S/C17H22ClN3O3/c1-10(2)11(3)19-14(22)9-21-15(23)17(4,20-16(21)24)12-5-7-13(18)8-6-12/h5-8,10-11H,9H2,1-4H3,(H,19,22)(H,20,24). The summed E-state index contributed by atoms with van der Waals surface area (Å²) in [6.45, 7) is 7.16. The fourth-order valence-corrected chi connectivity index (χ4v) is 2.56. The van der Waals surface area contributed by atoms with E-state index in [9.17, 15) is 14.4 Å². The molecule has 1 fully saturated rings. The van der Waals surface area contributed by atoms with Crippen molar-refractivity contribution in [3.05, 3.63) is 34.9 Å². The highest BCUT2D eigenvalue weighted by Gasteiger charge is 2.49. The second-order valence-electron chi connectivity index (χ2n) is 6.55. The summed E-state index contributed by atoms with van der Waals surface area (Å²) in [5, 5.41) is 5.99. The Hall–Kier alpha value is -2.08. The average molecular weight is 352 g/mol. The Bertz CT molecular complexity index is 660. The van der Waals surface area contributed by atoms with E-state index in [-0.39, 0.29) is 24.4 Å². The Kier molecular flexibility index (Phi) is 5.18. The van der Waals surface area contributed by atoms with Crippen LogP contribution in [0.4, 0.5) is 4.79 Å². The highest BCUT2D eigenvalue weighted by Crippen LogP contribution is 2.29. The summed E-state index contributed by atoms with van der Waals surface area (Å²) in [6.07, 6.45) is 0. The maximum absolute atomic E-state index is 12.7. The van der Waals surface area contributed by atoms with Crippen LogP contribution in [0, 0.1) is 5.92 Å². The van der Waals surface area contributed by atoms with Crippen molar-refractivity contribution in [3.63, 3.8) is 0 Å². The third-order valence-electron chi connectivity index (χ3n) is 4.39. The minimum Gasteiger partial charge on any atom is -0.352 e. The van der Waals surface area contributed by atoms with Gasteiger partial charge in [0.15, 0.2) is 0 Å². The van der Waals surface area contributed by atoms with Gasteiger partial charge < -0.3 is 10.6 Å². The van der Waals surface area contributed by atoms with E-state index in [1.54, 1.807) is 31.2 Å². The number of hydrogen-bond acceptors (Lipinski definition) is 3. The van der Waals surface area contributed by atoms with Crippen molar-refractivity contribution in [2.24, 2.45) is 5.92 Å². The van der Waals surface area contributed by atoms with Crippen molar-refractivity contribution in [1.82, 2.24) is 15.5 Å². The van der Waals surface area contributed by atoms with Crippen LogP contribution in [-0.2, 0) is 15.1 Å². The van der Waals surface area contributed by atoms with Gasteiger partial charge in [-0.15, -0.1) is 0 Å². The molecule has 1 heterocycles. The van der Waals surface area contributed by atoms with Crippen LogP contribution in [0.1, 0.15) is 33.3 Å². The number of carbonyl (C=O) groups is 3. The molecular formula is C17H22ClN3O3. The number of halogens is 1. The van der Waals surface area contributed by atoms with Crippen molar-refractivity contribution in [2.45, 2.75) is 39.3 Å². The highest BCUT2D eigenvalue weighted by atomic mass is 35.5. The van der Waals surface area contributed by atoms with Crippen molar-refractivity contribution in [1.29, 1.82) is 0 Å². The van der Waals surface area contributed by atoms with Crippen LogP contribution < -0.4 is 10.6 Å². The van der Waals surface area contributed by atoms with E-state index >= 15 is 0 Å². The molecule has 6 nitrogen and oxygen atoms in total. The molecule has 0 aliphatic carbocycles. The molecule has 1 aliphatic heterocycles. The molecule has 2 unspecified atom stereocenters. The third-order valence-corrected chi connectivity index (χ3v) is 4.64. The third kappa shape index (κ3) is 3.53. The molecule has 1 aromatic rings. The van der Waals surface area contributed by atoms with Gasteiger partial charge >= 0.3 is 6.03 Å². The summed E-state index contributed by atoms with van der Waals surface area (Å²) in [5.41, 5.74) is -0.588. The van der Waals surface area contributed by atoms with Crippen LogP contribution >= 0.6 is 11.6 Å². The molecule has 1 saturated heterocycles. The number of hydrogen-bond donors (Lipinski definition) is 2. The lowest BCUT2D eigenvalue weighted by molar-refractivity contribution is -0.135. The van der Waals surface area contributed by atoms with Crippen LogP contribution in [0.3, 0.4) is 0 Å². The number of amides is 4. The van der Waals surface area contributed by atoms with Crippen molar-refractivity contribution in [2.75, 3.05) is 6.54 Å². The molecule has 2 rings (SSSR count). The minimum atomic E-state index is -1.20. The lowest BCUT2D eigenvalue weighted by atomic mass is 9.92. The van der Waals surface area contributed by atoms with Gasteiger partial charge in [-0.05, 0) is 37.5 Å². The number of imide groups is 1. The first kappa shape index (κ1) is 18.3. The van der Waals surface area contributed by atoms with Crippen LogP contribution in [0.25, 0.3) is 0 Å². The molecule has 0 bridgehead atoms. The lowest BCUT2D eigenvalue weighted by Crippen LogP contribution is -2.45. The molecule has 1 aliphatic rings. The second kappa shape index (κ2) is 6.81. The van der Waals surface area contributed by atoms with Gasteiger partial charge in [0.05, 0.1) is 0 Å². The summed E-state index contributed by atoms with van der Waals surface area (Å²) in [6, 6.07) is 6.06. The topological polar surface area (TPSA) is 78.5 Å². The van der Waals surface area contributed by atoms with E-state index in [0.717, 1.165) is 4.90 Å². The highest BCUT2D eigenvalue weighted by molar-refractivity contribution is 6.30. The molecule has 2 N–H and O–H groups in total. The monoisotopic (exact) mass is 351 g/mol. The Balaban J connectivity index is 2.14. The lowest BCUT2D eigenvalue weighted by Gasteiger charge is -2.23. The van der Waals surface area contributed by atoms with E-state index in [1.807, 2.05) is 20.8 Å². The maximum Gasteiger partial charge on any atom is 0.325 e. The van der Waals surface area contributed by atoms with Crippen molar-refractivity contribution in [3.8, 4) is 0 Å². The molecule has 0 aromatic heterocycles. The van der Waals surface area contributed by atoms with Gasteiger partial charge in [0, 0.05) is 11.1 Å². The van der Waals surface area contributed by atoms with Gasteiger partial charge in [-0.3, -0.25) is 14.5 Å². The van der Waals surface area contributed by atoms with Crippen LogP contribution in [0.5, 0.6) is 0 Å². The van der Waals surface area contributed by atoms with E-state index < -0.39 is 17.5 Å². The van der Waals surface area contributed by atoms with Gasteiger partial charge in [-0.2, -0.15) is 0 Å². The molecule has 1 aromatic carbocycles. The van der Waals surface area contributed by atoms with E-state index in [1.165, 1.54) is 0 Å². The number of rotatable bonds is 5. The molecule has 0 radical (unpaired) electrons. The molecule has 2 atom stereocenters. The molecule has 0 saturated carbocycles. The van der Waals surface area contributed by atoms with Crippen LogP contribution in [-0.4, -0.2) is 35.3 Å². The largest absolute Gasteiger partial charge is 0.352 e. The fourth-order valence-electron chi connectivity index (χ4n) is 2.43. The quantitative estimate of drug-likeness (QED) is 0.799. The number of urea groups is 1. The van der Waals surface area contributed by atoms with Crippen molar-refractivity contribution >= 4 is 29.4 Å². The normalized spacial score (nSPS) is 21.8. The van der Waals surface area contributed by atoms with Crippen molar-refractivity contribution < 1.29 is 14.4 Å². The first-order valence-corrected chi connectivity index (χ1v) is 8.22. The minimum absolute atomic E-state index is 0.0408. The number of nitrogens with zero attached hydrogens (tertiary/aromatic N) is 1. The predicted octanol–water partition coefficient (Wildman–Crippen LogP) is 2.27. The molecule has 4 amide bonds. The van der Waals surface area contributed by atoms with Gasteiger partial charge in [0.1, 0.15) is 12.1 Å². The Morgan fingerprint density at radius 2 is 1.83 bits per heavy atom. The van der Waals surface area contributed by atoms with E-state index in [2.05, 4.69) is 10.6 Å². The summed E-state index contributed by atoms with van der Waals surface area (Å²) >= 11 is 5.86. The number of benzene rings is 1. The summed E-state index contributed by atoms with van der Waals surface area (Å²) < 4.78 is 0. The van der Waals surface area contributed by atoms with Gasteiger partial charge in [-0.1, -0.05) is 37.6 Å². The predicted molar refractivity (Wildman–Crippen MR) is 91.5 cm³/mol. The number of carbonyl (C=O) groups excluding carboxylic acids is 3. The Labute approximate surface area is 146 Å². The van der Waals surface area contributed by atoms with E-state index in [0.29, 0.717) is 10.6 Å². The van der Waals surface area contributed by atoms with Gasteiger partial charge in [-0.25, -0.2) is 4.79 Å². The smallest absolute Gasteiger partial charge is 0.325 e. The SMILES string of the molecule is CC(C)C(C)NC(=O)CN1C(=O)NC(C)(c2ccc(Cl)cc2)C1=O. The first-order valence-electron chi connectivity index (χ1n) is 7.84. The van der Waals surface area contributed by atoms with Crippen LogP contribution in [0.15, 0.2) is 24.3 Å². The molecule has 0 spiro atoms. The maximum atomic E-state index is 12.7. The number of nitrogens with one attached hydrogen (secondary N) is 2. The zero-order valence-corrected chi connectivity index (χ0v) is 15.0. The first-order chi connectivity index (χ1) is 11.1. The fraction of sp³-hybridized carbons (Fsp3) is 0.471. The summed E-state index contributed by atoms with van der Waals surface area (Å²) in [4.78, 5) is 37.9. The Morgan fingerprint density at radius 3 is 2.38 bits per heavy atom. The van der Waals surface area contributed by atoms with Gasteiger partial charge in [0.2, 0.25) is 5.91 Å². The molecule has 24 heavy (non-hydrogen) atoms. The zero-order valence-electron chi connectivity index (χ0n) is 14.2. The van der Waals surface area contributed by atoms with E-state index in [4.69, 9.17) is 11.6 Å². The summed E-state index contributed by atoms with van der Waals surface area (Å²) in [7, 11) is 0. The molecule has 130 valence electrons. The zero-order chi connectivity index (χ0) is 18.1.